The molecule has 0 unspecified atom stereocenters. The highest BCUT2D eigenvalue weighted by Gasteiger charge is 2.52. The Morgan fingerprint density at radius 3 is 2.34 bits per heavy atom. The van der Waals surface area contributed by atoms with Crippen molar-refractivity contribution < 1.29 is 14.3 Å². The van der Waals surface area contributed by atoms with Crippen molar-refractivity contribution in [1.82, 2.24) is 10.2 Å². The Morgan fingerprint density at radius 2 is 1.58 bits per heavy atom. The van der Waals surface area contributed by atoms with E-state index in [1.807, 2.05) is 56.3 Å². The molecule has 0 radical (unpaired) electrons. The molecule has 1 N–H and O–H groups in total. The van der Waals surface area contributed by atoms with Crippen LogP contribution in [-0.4, -0.2) is 61.0 Å². The summed E-state index contributed by atoms with van der Waals surface area (Å²) in [5, 5.41) is 3.20. The minimum atomic E-state index is -0.607. The maximum atomic E-state index is 13.2. The number of fused-ring (bicyclic) bond motifs is 1. The molecule has 6 heteroatoms. The molecule has 0 aromatic heterocycles. The van der Waals surface area contributed by atoms with Gasteiger partial charge in [-0.05, 0) is 61.6 Å². The standard InChI is InChI=1S/C32H37N3O3/c1-32(2)37-29-22-35(21-26-12-6-7-13-27(26)34-18-8-9-19-34)28(30(29)38-32)20-33-31(36)25-16-14-24(15-17-25)23-10-4-3-5-11-23/h3-7,10-17,28-30H,8-9,18-22H2,1-2H3,(H,33,36)/t28-,29+,30-/m1/s1. The van der Waals surface area contributed by atoms with Crippen LogP contribution in [0.3, 0.4) is 0 Å². The summed E-state index contributed by atoms with van der Waals surface area (Å²) in [4.78, 5) is 18.1. The average molecular weight is 512 g/mol. The fourth-order valence-electron chi connectivity index (χ4n) is 6.21. The summed E-state index contributed by atoms with van der Waals surface area (Å²) in [6.45, 7) is 8.28. The fourth-order valence-corrected chi connectivity index (χ4v) is 6.21. The predicted octanol–water partition coefficient (Wildman–Crippen LogP) is 5.09. The number of ether oxygens (including phenoxy) is 2. The van der Waals surface area contributed by atoms with E-state index in [1.165, 1.54) is 24.1 Å². The number of hydrogen-bond donors (Lipinski definition) is 1. The number of amides is 1. The van der Waals surface area contributed by atoms with Gasteiger partial charge in [-0.25, -0.2) is 0 Å². The highest BCUT2D eigenvalue weighted by atomic mass is 16.8. The summed E-state index contributed by atoms with van der Waals surface area (Å²) < 4.78 is 12.6. The molecule has 3 atom stereocenters. The van der Waals surface area contributed by atoms with Crippen LogP contribution in [0.1, 0.15) is 42.6 Å². The van der Waals surface area contributed by atoms with Crippen LogP contribution in [0.15, 0.2) is 78.9 Å². The van der Waals surface area contributed by atoms with Crippen LogP contribution < -0.4 is 10.2 Å². The number of anilines is 1. The summed E-state index contributed by atoms with van der Waals surface area (Å²) in [6.07, 6.45) is 2.42. The highest BCUT2D eigenvalue weighted by molar-refractivity contribution is 5.94. The normalized spacial score (nSPS) is 24.5. The average Bonchev–Trinajstić information content (AvgIpc) is 3.64. The first-order chi connectivity index (χ1) is 18.5. The van der Waals surface area contributed by atoms with Crippen LogP contribution in [-0.2, 0) is 16.0 Å². The van der Waals surface area contributed by atoms with Crippen LogP contribution in [0.5, 0.6) is 0 Å². The number of benzene rings is 3. The van der Waals surface area contributed by atoms with Gasteiger partial charge in [0.05, 0.1) is 6.04 Å². The van der Waals surface area contributed by atoms with Crippen LogP contribution in [0, 0.1) is 0 Å². The smallest absolute Gasteiger partial charge is 0.251 e. The summed E-state index contributed by atoms with van der Waals surface area (Å²) in [5.74, 6) is -0.673. The van der Waals surface area contributed by atoms with Crippen molar-refractivity contribution in [2.75, 3.05) is 31.1 Å². The van der Waals surface area contributed by atoms with Crippen LogP contribution in [0.4, 0.5) is 5.69 Å². The molecule has 38 heavy (non-hydrogen) atoms. The van der Waals surface area contributed by atoms with Gasteiger partial charge in [0, 0.05) is 44.0 Å². The molecule has 0 aliphatic carbocycles. The van der Waals surface area contributed by atoms with Crippen molar-refractivity contribution in [1.29, 1.82) is 0 Å². The van der Waals surface area contributed by atoms with Gasteiger partial charge >= 0.3 is 0 Å². The number of para-hydroxylation sites is 1. The topological polar surface area (TPSA) is 54.0 Å². The largest absolute Gasteiger partial charge is 0.371 e. The Balaban J connectivity index is 1.17. The van der Waals surface area contributed by atoms with Gasteiger partial charge in [-0.15, -0.1) is 0 Å². The molecule has 0 bridgehead atoms. The SMILES string of the molecule is CC1(C)O[C@H]2[C@H](CN(Cc3ccccc3N3CCCC3)[C@@H]2CNC(=O)c2ccc(-c3ccccc3)cc2)O1. The summed E-state index contributed by atoms with van der Waals surface area (Å²) in [5.41, 5.74) is 5.55. The summed E-state index contributed by atoms with van der Waals surface area (Å²) >= 11 is 0. The molecule has 1 amide bonds. The predicted molar refractivity (Wildman–Crippen MR) is 150 cm³/mol. The van der Waals surface area contributed by atoms with Gasteiger partial charge in [0.15, 0.2) is 5.79 Å². The van der Waals surface area contributed by atoms with E-state index in [-0.39, 0.29) is 24.2 Å². The first-order valence-corrected chi connectivity index (χ1v) is 13.8. The quantitative estimate of drug-likeness (QED) is 0.479. The monoisotopic (exact) mass is 511 g/mol. The van der Waals surface area contributed by atoms with E-state index in [0.29, 0.717) is 12.1 Å². The van der Waals surface area contributed by atoms with Crippen molar-refractivity contribution >= 4 is 11.6 Å². The van der Waals surface area contributed by atoms with Crippen LogP contribution >= 0.6 is 0 Å². The van der Waals surface area contributed by atoms with Gasteiger partial charge < -0.3 is 19.7 Å². The van der Waals surface area contributed by atoms with E-state index in [2.05, 4.69) is 51.5 Å². The van der Waals surface area contributed by atoms with Crippen LogP contribution in [0.25, 0.3) is 11.1 Å². The minimum Gasteiger partial charge on any atom is -0.371 e. The van der Waals surface area contributed by atoms with E-state index in [1.54, 1.807) is 0 Å². The highest BCUT2D eigenvalue weighted by Crippen LogP contribution is 2.38. The van der Waals surface area contributed by atoms with Crippen molar-refractivity contribution in [2.45, 2.75) is 57.3 Å². The Morgan fingerprint density at radius 1 is 0.895 bits per heavy atom. The van der Waals surface area contributed by atoms with Crippen molar-refractivity contribution in [3.63, 3.8) is 0 Å². The van der Waals surface area contributed by atoms with Gasteiger partial charge in [0.2, 0.25) is 0 Å². The Labute approximate surface area is 225 Å². The number of nitrogens with zero attached hydrogens (tertiary/aromatic N) is 2. The zero-order valence-electron chi connectivity index (χ0n) is 22.3. The number of carbonyl (C=O) groups is 1. The molecule has 0 spiro atoms. The lowest BCUT2D eigenvalue weighted by atomic mass is 10.0. The van der Waals surface area contributed by atoms with E-state index >= 15 is 0 Å². The zero-order valence-corrected chi connectivity index (χ0v) is 22.3. The molecule has 3 aliphatic heterocycles. The molecule has 0 saturated carbocycles. The number of likely N-dealkylation sites (tertiary alicyclic amines) is 1. The van der Waals surface area contributed by atoms with Crippen molar-refractivity contribution in [3.05, 3.63) is 90.0 Å². The van der Waals surface area contributed by atoms with Gasteiger partial charge in [-0.1, -0.05) is 60.7 Å². The Bertz CT molecular complexity index is 1250. The molecule has 3 fully saturated rings. The molecule has 198 valence electrons. The van der Waals surface area contributed by atoms with E-state index in [9.17, 15) is 4.79 Å². The minimum absolute atomic E-state index is 0.00370. The zero-order chi connectivity index (χ0) is 26.1. The number of hydrogen-bond acceptors (Lipinski definition) is 5. The second-order valence-corrected chi connectivity index (χ2v) is 11.1. The maximum Gasteiger partial charge on any atom is 0.251 e. The summed E-state index contributed by atoms with van der Waals surface area (Å²) in [6, 6.07) is 26.8. The fraction of sp³-hybridized carbons (Fsp3) is 0.406. The van der Waals surface area contributed by atoms with Gasteiger partial charge in [-0.2, -0.15) is 0 Å². The van der Waals surface area contributed by atoms with E-state index < -0.39 is 5.79 Å². The first-order valence-electron chi connectivity index (χ1n) is 13.8. The molecule has 3 saturated heterocycles. The third kappa shape index (κ3) is 5.21. The third-order valence-electron chi connectivity index (χ3n) is 8.02. The van der Waals surface area contributed by atoms with E-state index in [4.69, 9.17) is 9.47 Å². The second kappa shape index (κ2) is 10.5. The van der Waals surface area contributed by atoms with Gasteiger partial charge in [0.25, 0.3) is 5.91 Å². The maximum absolute atomic E-state index is 13.2. The van der Waals surface area contributed by atoms with Crippen LogP contribution in [0.2, 0.25) is 0 Å². The second-order valence-electron chi connectivity index (χ2n) is 11.1. The van der Waals surface area contributed by atoms with Gasteiger partial charge in [-0.3, -0.25) is 9.69 Å². The molecule has 3 heterocycles. The van der Waals surface area contributed by atoms with E-state index in [0.717, 1.165) is 37.3 Å². The van der Waals surface area contributed by atoms with Gasteiger partial charge in [0.1, 0.15) is 12.2 Å². The molecule has 3 aromatic carbocycles. The van der Waals surface area contributed by atoms with Crippen molar-refractivity contribution in [2.24, 2.45) is 0 Å². The lowest BCUT2D eigenvalue weighted by Gasteiger charge is -2.31. The molecule has 3 aromatic rings. The number of nitrogens with one attached hydrogen (secondary N) is 1. The molecule has 6 rings (SSSR count). The lowest BCUT2D eigenvalue weighted by molar-refractivity contribution is -0.161. The molecular formula is C32H37N3O3. The first kappa shape index (κ1) is 25.1. The van der Waals surface area contributed by atoms with Crippen molar-refractivity contribution in [3.8, 4) is 11.1 Å². The molecule has 3 aliphatic rings. The summed E-state index contributed by atoms with van der Waals surface area (Å²) in [7, 11) is 0. The molecule has 6 nitrogen and oxygen atoms in total. The number of carbonyl (C=O) groups excluding carboxylic acids is 1. The Hall–Kier alpha value is -3.19. The third-order valence-corrected chi connectivity index (χ3v) is 8.02. The Kier molecular flexibility index (Phi) is 6.95. The lowest BCUT2D eigenvalue weighted by Crippen LogP contribution is -2.46. The molecular weight excluding hydrogens is 474 g/mol. The number of rotatable bonds is 7.